The van der Waals surface area contributed by atoms with E-state index in [1.54, 1.807) is 25.1 Å². The van der Waals surface area contributed by atoms with Crippen LogP contribution in [0.2, 0.25) is 0 Å². The fourth-order valence-electron chi connectivity index (χ4n) is 1.45. The highest BCUT2D eigenvalue weighted by Gasteiger charge is 2.08. The lowest BCUT2D eigenvalue weighted by atomic mass is 10.2. The Labute approximate surface area is 145 Å². The normalized spacial score (nSPS) is 13.7. The van der Waals surface area contributed by atoms with Crippen LogP contribution in [0.4, 0.5) is 4.39 Å². The number of aryl methyl sites for hydroxylation is 1. The molecule has 3 nitrogen and oxygen atoms in total. The van der Waals surface area contributed by atoms with Crippen molar-refractivity contribution in [2.24, 2.45) is 0 Å². The Hall–Kier alpha value is -1.43. The SMILES string of the molecule is CC.C\C(CNS(=O)c1cc(O)ccc1C)=C(Cl)/C=C\C=C\F. The summed E-state index contributed by atoms with van der Waals surface area (Å²) in [6, 6.07) is 4.71. The van der Waals surface area contributed by atoms with Crippen molar-refractivity contribution in [3.8, 4) is 5.75 Å². The van der Waals surface area contributed by atoms with E-state index in [4.69, 9.17) is 11.6 Å². The van der Waals surface area contributed by atoms with Crippen LogP contribution in [0.15, 0.2) is 58.3 Å². The second kappa shape index (κ2) is 12.0. The fraction of sp³-hybridized carbons (Fsp3) is 0.294. The summed E-state index contributed by atoms with van der Waals surface area (Å²) in [7, 11) is -1.45. The third-order valence-electron chi connectivity index (χ3n) is 2.67. The van der Waals surface area contributed by atoms with Gasteiger partial charge in [0.15, 0.2) is 0 Å². The maximum atomic E-state index is 12.1. The molecule has 2 N–H and O–H groups in total. The first-order valence-corrected chi connectivity index (χ1v) is 8.72. The Balaban J connectivity index is 0.00000232. The van der Waals surface area contributed by atoms with Gasteiger partial charge < -0.3 is 5.11 Å². The summed E-state index contributed by atoms with van der Waals surface area (Å²) in [5.41, 5.74) is 1.59. The number of rotatable bonds is 6. The molecule has 0 fully saturated rings. The quantitative estimate of drug-likeness (QED) is 0.710. The van der Waals surface area contributed by atoms with Gasteiger partial charge in [-0.05, 0) is 49.3 Å². The summed E-state index contributed by atoms with van der Waals surface area (Å²) >= 11 is 6.01. The van der Waals surface area contributed by atoms with Crippen LogP contribution in [-0.2, 0) is 11.0 Å². The molecule has 1 rings (SSSR count). The highest BCUT2D eigenvalue weighted by molar-refractivity contribution is 7.83. The summed E-state index contributed by atoms with van der Waals surface area (Å²) in [5, 5.41) is 9.88. The van der Waals surface area contributed by atoms with Crippen LogP contribution < -0.4 is 4.72 Å². The van der Waals surface area contributed by atoms with Gasteiger partial charge in [-0.25, -0.2) is 13.3 Å². The molecule has 23 heavy (non-hydrogen) atoms. The zero-order chi connectivity index (χ0) is 17.8. The van der Waals surface area contributed by atoms with Crippen LogP contribution in [0, 0.1) is 6.92 Å². The van der Waals surface area contributed by atoms with Gasteiger partial charge in [0.05, 0.1) is 11.2 Å². The Morgan fingerprint density at radius 2 is 2.04 bits per heavy atom. The predicted molar refractivity (Wildman–Crippen MR) is 96.5 cm³/mol. The number of allylic oxidation sites excluding steroid dienone is 4. The average molecular weight is 360 g/mol. The molecule has 0 saturated heterocycles. The lowest BCUT2D eigenvalue weighted by molar-refractivity contribution is 0.473. The van der Waals surface area contributed by atoms with Crippen LogP contribution in [0.3, 0.4) is 0 Å². The topological polar surface area (TPSA) is 49.3 Å². The maximum Gasteiger partial charge on any atom is 0.125 e. The van der Waals surface area contributed by atoms with Crippen molar-refractivity contribution in [3.05, 3.63) is 58.9 Å². The number of nitrogens with one attached hydrogen (secondary N) is 1. The molecular weight excluding hydrogens is 337 g/mol. The molecule has 6 heteroatoms. The molecule has 0 aliphatic carbocycles. The van der Waals surface area contributed by atoms with Crippen molar-refractivity contribution >= 4 is 22.6 Å². The second-order valence-corrected chi connectivity index (χ2v) is 6.02. The van der Waals surface area contributed by atoms with Crippen molar-refractivity contribution in [2.75, 3.05) is 6.54 Å². The van der Waals surface area contributed by atoms with E-state index in [-0.39, 0.29) is 5.75 Å². The van der Waals surface area contributed by atoms with Gasteiger partial charge in [-0.1, -0.05) is 37.6 Å². The molecule has 0 aromatic heterocycles. The molecule has 1 atom stereocenters. The average Bonchev–Trinajstić information content (AvgIpc) is 2.56. The van der Waals surface area contributed by atoms with Crippen LogP contribution in [-0.4, -0.2) is 15.9 Å². The largest absolute Gasteiger partial charge is 0.508 e. The molecular formula is C17H23ClFNO2S. The van der Waals surface area contributed by atoms with E-state index in [0.717, 1.165) is 11.1 Å². The van der Waals surface area contributed by atoms with Gasteiger partial charge in [0, 0.05) is 11.6 Å². The van der Waals surface area contributed by atoms with Crippen molar-refractivity contribution in [1.82, 2.24) is 4.72 Å². The summed E-state index contributed by atoms with van der Waals surface area (Å²) in [5.74, 6) is 0.0667. The zero-order valence-electron chi connectivity index (χ0n) is 13.8. The number of phenols is 1. The third-order valence-corrected chi connectivity index (χ3v) is 4.37. The van der Waals surface area contributed by atoms with E-state index in [9.17, 15) is 13.7 Å². The molecule has 0 bridgehead atoms. The Morgan fingerprint density at radius 1 is 1.39 bits per heavy atom. The van der Waals surface area contributed by atoms with Gasteiger partial charge in [0.2, 0.25) is 0 Å². The van der Waals surface area contributed by atoms with Crippen molar-refractivity contribution in [3.63, 3.8) is 0 Å². The highest BCUT2D eigenvalue weighted by Crippen LogP contribution is 2.19. The van der Waals surface area contributed by atoms with Crippen LogP contribution in [0.1, 0.15) is 26.3 Å². The molecule has 128 valence electrons. The summed E-state index contributed by atoms with van der Waals surface area (Å²) in [4.78, 5) is 0.523. The van der Waals surface area contributed by atoms with E-state index in [1.807, 2.05) is 20.8 Å². The number of phenolic OH excluding ortho intramolecular Hbond substituents is 1. The lowest BCUT2D eigenvalue weighted by Crippen LogP contribution is -2.20. The standard InChI is InChI=1S/C15H17ClFNO2S.C2H6/c1-11-6-7-13(19)9-15(11)21(20)18-10-12(2)14(16)5-3-4-8-17;1-2/h3-9,18-19H,10H2,1-2H3;1-2H3/b5-3-,8-4+,14-12-;. The van der Waals surface area contributed by atoms with E-state index in [0.29, 0.717) is 22.8 Å². The third kappa shape index (κ3) is 8.11. The molecule has 0 aliphatic rings. The summed E-state index contributed by atoms with van der Waals surface area (Å²) in [6.45, 7) is 7.91. The monoisotopic (exact) mass is 359 g/mol. The summed E-state index contributed by atoms with van der Waals surface area (Å²) in [6.07, 6.45) is 4.66. The molecule has 0 aliphatic heterocycles. The van der Waals surface area contributed by atoms with Crippen LogP contribution in [0.25, 0.3) is 0 Å². The van der Waals surface area contributed by atoms with Crippen molar-refractivity contribution < 1.29 is 13.7 Å². The Kier molecular flexibility index (Phi) is 11.3. The van der Waals surface area contributed by atoms with E-state index in [1.165, 1.54) is 18.2 Å². The molecule has 0 heterocycles. The molecule has 0 saturated carbocycles. The lowest BCUT2D eigenvalue weighted by Gasteiger charge is -2.09. The second-order valence-electron chi connectivity index (χ2n) is 4.35. The minimum Gasteiger partial charge on any atom is -0.508 e. The smallest absolute Gasteiger partial charge is 0.125 e. The van der Waals surface area contributed by atoms with Gasteiger partial charge in [0.1, 0.15) is 16.7 Å². The minimum atomic E-state index is -1.45. The van der Waals surface area contributed by atoms with Crippen molar-refractivity contribution in [2.45, 2.75) is 32.6 Å². The highest BCUT2D eigenvalue weighted by atomic mass is 35.5. The van der Waals surface area contributed by atoms with Crippen LogP contribution >= 0.6 is 11.6 Å². The number of benzene rings is 1. The number of hydrogen-bond donors (Lipinski definition) is 2. The number of aromatic hydroxyl groups is 1. The first kappa shape index (κ1) is 21.6. The van der Waals surface area contributed by atoms with E-state index in [2.05, 4.69) is 4.72 Å². The molecule has 0 radical (unpaired) electrons. The molecule has 0 amide bonds. The molecule has 0 spiro atoms. The summed E-state index contributed by atoms with van der Waals surface area (Å²) < 4.78 is 26.8. The minimum absolute atomic E-state index is 0.0667. The predicted octanol–water partition coefficient (Wildman–Crippen LogP) is 4.89. The van der Waals surface area contributed by atoms with Crippen molar-refractivity contribution in [1.29, 1.82) is 0 Å². The fourth-order valence-corrected chi connectivity index (χ4v) is 2.68. The Morgan fingerprint density at radius 3 is 2.65 bits per heavy atom. The van der Waals surface area contributed by atoms with Gasteiger partial charge in [-0.3, -0.25) is 0 Å². The Bertz CT molecular complexity index is 613. The first-order chi connectivity index (χ1) is 11.0. The molecule has 1 aromatic rings. The first-order valence-electron chi connectivity index (χ1n) is 7.19. The van der Waals surface area contributed by atoms with Crippen LogP contribution in [0.5, 0.6) is 5.75 Å². The zero-order valence-corrected chi connectivity index (χ0v) is 15.3. The van der Waals surface area contributed by atoms with Gasteiger partial charge >= 0.3 is 0 Å². The van der Waals surface area contributed by atoms with E-state index >= 15 is 0 Å². The van der Waals surface area contributed by atoms with Gasteiger partial charge in [0.25, 0.3) is 0 Å². The molecule has 1 unspecified atom stereocenters. The van der Waals surface area contributed by atoms with Gasteiger partial charge in [-0.2, -0.15) is 0 Å². The van der Waals surface area contributed by atoms with E-state index < -0.39 is 11.0 Å². The van der Waals surface area contributed by atoms with Gasteiger partial charge in [-0.15, -0.1) is 0 Å². The molecule has 1 aromatic carbocycles. The number of hydrogen-bond acceptors (Lipinski definition) is 2. The maximum absolute atomic E-state index is 12.1. The number of halogens is 2.